The highest BCUT2D eigenvalue weighted by Crippen LogP contribution is 2.25. The van der Waals surface area contributed by atoms with Gasteiger partial charge in [0.15, 0.2) is 6.04 Å². The first-order valence-corrected chi connectivity index (χ1v) is 6.26. The van der Waals surface area contributed by atoms with Crippen molar-refractivity contribution in [3.8, 4) is 5.75 Å². The standard InChI is InChI=1S/C13H12F3NO5/c14-13(15,16)22-8-3-1-7(2-4-8)11(19)17-6-5-9(18)10(17)12(20)21/h1-4,9-10,18H,5-6H2,(H,20,21)/t9-,10?/m1/s1. The number of aliphatic hydroxyl groups excluding tert-OH is 1. The molecule has 1 aromatic rings. The molecular formula is C13H12F3NO5. The molecule has 1 amide bonds. The van der Waals surface area contributed by atoms with E-state index in [1.54, 1.807) is 0 Å². The summed E-state index contributed by atoms with van der Waals surface area (Å²) in [5.74, 6) is -2.50. The molecule has 1 unspecified atom stereocenters. The van der Waals surface area contributed by atoms with Crippen molar-refractivity contribution in [1.82, 2.24) is 4.90 Å². The summed E-state index contributed by atoms with van der Waals surface area (Å²) in [5.41, 5.74) is 0.00914. The molecule has 1 aliphatic heterocycles. The second-order valence-corrected chi connectivity index (χ2v) is 4.71. The Labute approximate surface area is 122 Å². The highest BCUT2D eigenvalue weighted by atomic mass is 19.4. The van der Waals surface area contributed by atoms with Crippen molar-refractivity contribution in [1.29, 1.82) is 0 Å². The van der Waals surface area contributed by atoms with E-state index in [1.165, 1.54) is 0 Å². The van der Waals surface area contributed by atoms with Crippen LogP contribution < -0.4 is 4.74 Å². The average Bonchev–Trinajstić information content (AvgIpc) is 2.79. The van der Waals surface area contributed by atoms with Crippen LogP contribution in [0, 0.1) is 0 Å². The number of amides is 1. The molecule has 0 aromatic heterocycles. The van der Waals surface area contributed by atoms with Gasteiger partial charge in [0.1, 0.15) is 5.75 Å². The van der Waals surface area contributed by atoms with E-state index in [0.717, 1.165) is 29.2 Å². The molecule has 1 fully saturated rings. The summed E-state index contributed by atoms with van der Waals surface area (Å²) >= 11 is 0. The monoisotopic (exact) mass is 319 g/mol. The summed E-state index contributed by atoms with van der Waals surface area (Å²) in [4.78, 5) is 24.2. The summed E-state index contributed by atoms with van der Waals surface area (Å²) < 4.78 is 39.8. The Morgan fingerprint density at radius 1 is 1.23 bits per heavy atom. The van der Waals surface area contributed by atoms with Crippen molar-refractivity contribution in [2.45, 2.75) is 24.9 Å². The van der Waals surface area contributed by atoms with Crippen molar-refractivity contribution < 1.29 is 37.7 Å². The molecule has 0 bridgehead atoms. The Bertz CT molecular complexity index is 572. The second kappa shape index (κ2) is 5.84. The lowest BCUT2D eigenvalue weighted by molar-refractivity contribution is -0.274. The van der Waals surface area contributed by atoms with Crippen LogP contribution in [0.1, 0.15) is 16.8 Å². The van der Waals surface area contributed by atoms with Crippen molar-refractivity contribution >= 4 is 11.9 Å². The first-order valence-electron chi connectivity index (χ1n) is 6.26. The third-order valence-electron chi connectivity index (χ3n) is 3.21. The van der Waals surface area contributed by atoms with Crippen molar-refractivity contribution in [3.05, 3.63) is 29.8 Å². The highest BCUT2D eigenvalue weighted by Gasteiger charge is 2.41. The van der Waals surface area contributed by atoms with Crippen LogP contribution in [0.4, 0.5) is 13.2 Å². The molecule has 1 heterocycles. The van der Waals surface area contributed by atoms with Crippen molar-refractivity contribution in [3.63, 3.8) is 0 Å². The Morgan fingerprint density at radius 3 is 2.32 bits per heavy atom. The van der Waals surface area contributed by atoms with Gasteiger partial charge in [-0.2, -0.15) is 0 Å². The maximum Gasteiger partial charge on any atom is 0.573 e. The smallest absolute Gasteiger partial charge is 0.480 e. The lowest BCUT2D eigenvalue weighted by atomic mass is 10.1. The molecule has 9 heteroatoms. The molecule has 2 rings (SSSR count). The molecule has 0 radical (unpaired) electrons. The van der Waals surface area contributed by atoms with Crippen LogP contribution >= 0.6 is 0 Å². The van der Waals surface area contributed by atoms with Gasteiger partial charge in [0.2, 0.25) is 0 Å². The van der Waals surface area contributed by atoms with E-state index in [1.807, 2.05) is 0 Å². The molecule has 1 saturated heterocycles. The normalized spacial score (nSPS) is 21.7. The fraction of sp³-hybridized carbons (Fsp3) is 0.385. The number of hydrogen-bond donors (Lipinski definition) is 2. The molecular weight excluding hydrogens is 307 g/mol. The van der Waals surface area contributed by atoms with Gasteiger partial charge in [0.25, 0.3) is 5.91 Å². The maximum atomic E-state index is 12.2. The van der Waals surface area contributed by atoms with Crippen LogP contribution in [0.15, 0.2) is 24.3 Å². The molecule has 1 aromatic carbocycles. The first kappa shape index (κ1) is 16.1. The number of carboxylic acid groups (broad SMARTS) is 1. The van der Waals surface area contributed by atoms with Crippen LogP contribution in [0.5, 0.6) is 5.75 Å². The number of hydrogen-bond acceptors (Lipinski definition) is 4. The quantitative estimate of drug-likeness (QED) is 0.875. The van der Waals surface area contributed by atoms with Gasteiger partial charge in [-0.1, -0.05) is 0 Å². The molecule has 2 N–H and O–H groups in total. The number of aliphatic carboxylic acids is 1. The third kappa shape index (κ3) is 3.48. The number of carboxylic acids is 1. The van der Waals surface area contributed by atoms with E-state index >= 15 is 0 Å². The molecule has 120 valence electrons. The van der Waals surface area contributed by atoms with E-state index in [9.17, 15) is 27.9 Å². The minimum absolute atomic E-state index is 0.00914. The number of carbonyl (C=O) groups excluding carboxylic acids is 1. The molecule has 0 saturated carbocycles. The Morgan fingerprint density at radius 2 is 1.82 bits per heavy atom. The number of halogens is 3. The number of rotatable bonds is 3. The minimum Gasteiger partial charge on any atom is -0.480 e. The zero-order valence-corrected chi connectivity index (χ0v) is 11.1. The van der Waals surface area contributed by atoms with Gasteiger partial charge < -0.3 is 19.8 Å². The Balaban J connectivity index is 2.14. The number of carbonyl (C=O) groups is 2. The number of aliphatic hydroxyl groups is 1. The maximum absolute atomic E-state index is 12.2. The highest BCUT2D eigenvalue weighted by molar-refractivity contribution is 5.97. The summed E-state index contributed by atoms with van der Waals surface area (Å²) in [7, 11) is 0. The third-order valence-corrected chi connectivity index (χ3v) is 3.21. The van der Waals surface area contributed by atoms with Gasteiger partial charge in [-0.3, -0.25) is 4.79 Å². The van der Waals surface area contributed by atoms with Gasteiger partial charge in [-0.05, 0) is 30.7 Å². The van der Waals surface area contributed by atoms with Crippen molar-refractivity contribution in [2.24, 2.45) is 0 Å². The first-order chi connectivity index (χ1) is 10.2. The van der Waals surface area contributed by atoms with E-state index in [-0.39, 0.29) is 18.5 Å². The SMILES string of the molecule is O=C(O)C1[C@H](O)CCN1C(=O)c1ccc(OC(F)(F)F)cc1. The van der Waals surface area contributed by atoms with Gasteiger partial charge in [-0.25, -0.2) is 4.79 Å². The largest absolute Gasteiger partial charge is 0.573 e. The van der Waals surface area contributed by atoms with Gasteiger partial charge in [0, 0.05) is 12.1 Å². The number of nitrogens with zero attached hydrogens (tertiary/aromatic N) is 1. The second-order valence-electron chi connectivity index (χ2n) is 4.71. The van der Waals surface area contributed by atoms with Gasteiger partial charge in [0.05, 0.1) is 6.10 Å². The molecule has 22 heavy (non-hydrogen) atoms. The Kier molecular flexibility index (Phi) is 4.27. The number of likely N-dealkylation sites (tertiary alicyclic amines) is 1. The van der Waals surface area contributed by atoms with Crippen LogP contribution in [-0.4, -0.2) is 52.0 Å². The molecule has 2 atom stereocenters. The average molecular weight is 319 g/mol. The van der Waals surface area contributed by atoms with Crippen molar-refractivity contribution in [2.75, 3.05) is 6.54 Å². The molecule has 0 aliphatic carbocycles. The summed E-state index contributed by atoms with van der Waals surface area (Å²) in [6.45, 7) is 0.0533. The predicted molar refractivity (Wildman–Crippen MR) is 66.2 cm³/mol. The lowest BCUT2D eigenvalue weighted by Crippen LogP contribution is -2.45. The van der Waals surface area contributed by atoms with Crippen LogP contribution in [-0.2, 0) is 4.79 Å². The topological polar surface area (TPSA) is 87.1 Å². The molecule has 1 aliphatic rings. The Hall–Kier alpha value is -2.29. The van der Waals surface area contributed by atoms with E-state index < -0.39 is 36.1 Å². The van der Waals surface area contributed by atoms with E-state index in [4.69, 9.17) is 5.11 Å². The summed E-state index contributed by atoms with van der Waals surface area (Å²) in [6.07, 6.45) is -5.88. The fourth-order valence-electron chi connectivity index (χ4n) is 2.27. The summed E-state index contributed by atoms with van der Waals surface area (Å²) in [6, 6.07) is 2.77. The zero-order chi connectivity index (χ0) is 16.5. The van der Waals surface area contributed by atoms with Crippen LogP contribution in [0.3, 0.4) is 0 Å². The minimum atomic E-state index is -4.83. The fourth-order valence-corrected chi connectivity index (χ4v) is 2.27. The summed E-state index contributed by atoms with van der Waals surface area (Å²) in [5, 5.41) is 18.6. The van der Waals surface area contributed by atoms with Crippen LogP contribution in [0.25, 0.3) is 0 Å². The van der Waals surface area contributed by atoms with E-state index in [0.29, 0.717) is 0 Å². The predicted octanol–water partition coefficient (Wildman–Crippen LogP) is 1.25. The molecule has 0 spiro atoms. The number of alkyl halides is 3. The number of benzene rings is 1. The van der Waals surface area contributed by atoms with Crippen LogP contribution in [0.2, 0.25) is 0 Å². The lowest BCUT2D eigenvalue weighted by Gasteiger charge is -2.22. The van der Waals surface area contributed by atoms with E-state index in [2.05, 4.69) is 4.74 Å². The number of ether oxygens (including phenoxy) is 1. The molecule has 6 nitrogen and oxygen atoms in total. The van der Waals surface area contributed by atoms with Gasteiger partial charge in [-0.15, -0.1) is 13.2 Å². The zero-order valence-electron chi connectivity index (χ0n) is 11.1. The van der Waals surface area contributed by atoms with Gasteiger partial charge >= 0.3 is 12.3 Å².